The number of nitrogens with zero attached hydrogens (tertiary/aromatic N) is 3. The molecule has 0 saturated heterocycles. The average molecular weight is 676 g/mol. The molecule has 0 unspecified atom stereocenters. The maximum atomic E-state index is 6.59. The summed E-state index contributed by atoms with van der Waals surface area (Å²) in [7, 11) is 0. The number of rotatable bonds is 4. The van der Waals surface area contributed by atoms with Gasteiger partial charge >= 0.3 is 0 Å². The van der Waals surface area contributed by atoms with Gasteiger partial charge < -0.3 is 4.42 Å². The van der Waals surface area contributed by atoms with E-state index in [2.05, 4.69) is 146 Å². The summed E-state index contributed by atoms with van der Waals surface area (Å²) in [4.78, 5) is 15.7. The SMILES string of the molecule is c1ccc(-c2nc(-c3cc4c5ccccc5ccc4c4ccccc34)nc(-c3cccc4oc5cc(-c6cccc7ccccc67)ccc5c34)n2)cc1. The van der Waals surface area contributed by atoms with Gasteiger partial charge in [0, 0.05) is 27.5 Å². The van der Waals surface area contributed by atoms with Gasteiger partial charge in [-0.2, -0.15) is 0 Å². The molecule has 0 amide bonds. The molecule has 11 aromatic rings. The van der Waals surface area contributed by atoms with Gasteiger partial charge in [-0.1, -0.05) is 152 Å². The topological polar surface area (TPSA) is 51.8 Å². The Morgan fingerprint density at radius 3 is 1.75 bits per heavy atom. The molecule has 0 fully saturated rings. The molecule has 0 radical (unpaired) electrons. The third-order valence-corrected chi connectivity index (χ3v) is 10.5. The van der Waals surface area contributed by atoms with Gasteiger partial charge in [-0.3, -0.25) is 0 Å². The molecule has 246 valence electrons. The second kappa shape index (κ2) is 11.7. The van der Waals surface area contributed by atoms with E-state index in [1.165, 1.54) is 43.3 Å². The van der Waals surface area contributed by atoms with Crippen molar-refractivity contribution < 1.29 is 4.42 Å². The van der Waals surface area contributed by atoms with Crippen molar-refractivity contribution in [3.8, 4) is 45.3 Å². The summed E-state index contributed by atoms with van der Waals surface area (Å²) in [6.45, 7) is 0. The molecule has 53 heavy (non-hydrogen) atoms. The first kappa shape index (κ1) is 29.5. The van der Waals surface area contributed by atoms with E-state index in [1.807, 2.05) is 30.3 Å². The van der Waals surface area contributed by atoms with Crippen LogP contribution in [0.1, 0.15) is 0 Å². The highest BCUT2D eigenvalue weighted by Crippen LogP contribution is 2.41. The summed E-state index contributed by atoms with van der Waals surface area (Å²) in [5, 5.41) is 11.5. The van der Waals surface area contributed by atoms with Gasteiger partial charge in [-0.25, -0.2) is 15.0 Å². The van der Waals surface area contributed by atoms with E-state index in [1.54, 1.807) is 0 Å². The minimum Gasteiger partial charge on any atom is -0.456 e. The number of hydrogen-bond acceptors (Lipinski definition) is 4. The molecule has 4 nitrogen and oxygen atoms in total. The molecule has 0 aliphatic carbocycles. The highest BCUT2D eigenvalue weighted by molar-refractivity contribution is 6.21. The maximum absolute atomic E-state index is 6.59. The van der Waals surface area contributed by atoms with Crippen molar-refractivity contribution in [2.45, 2.75) is 0 Å². The van der Waals surface area contributed by atoms with Crippen LogP contribution in [-0.4, -0.2) is 15.0 Å². The van der Waals surface area contributed by atoms with Crippen molar-refractivity contribution in [2.24, 2.45) is 0 Å². The molecule has 4 heteroatoms. The van der Waals surface area contributed by atoms with Gasteiger partial charge in [0.05, 0.1) is 0 Å². The number of furan rings is 1. The predicted octanol–water partition coefficient (Wildman–Crippen LogP) is 13.1. The molecule has 0 N–H and O–H groups in total. The van der Waals surface area contributed by atoms with E-state index in [-0.39, 0.29) is 0 Å². The van der Waals surface area contributed by atoms with Crippen LogP contribution in [0.25, 0.3) is 110 Å². The zero-order valence-corrected chi connectivity index (χ0v) is 28.5. The van der Waals surface area contributed by atoms with Crippen molar-refractivity contribution in [2.75, 3.05) is 0 Å². The average Bonchev–Trinajstić information content (AvgIpc) is 3.61. The molecule has 2 heterocycles. The molecule has 9 aromatic carbocycles. The number of benzene rings is 9. The summed E-state index contributed by atoms with van der Waals surface area (Å²) in [6.07, 6.45) is 0. The highest BCUT2D eigenvalue weighted by Gasteiger charge is 2.20. The van der Waals surface area contributed by atoms with E-state index in [0.29, 0.717) is 17.5 Å². The molecule has 0 spiro atoms. The highest BCUT2D eigenvalue weighted by atomic mass is 16.3. The quantitative estimate of drug-likeness (QED) is 0.174. The molecule has 2 aromatic heterocycles. The standard InChI is InChI=1S/C49H29N3O/c1-2-14-32(15-3-1)47-50-48(52-49(51-47)43-29-42-35-18-7-5-13-31(35)24-26-39(42)37-19-8-9-20-38(37)43)41-22-11-23-44-46(41)40-27-25-33(28-45(40)53-44)36-21-10-16-30-12-4-6-17-34(30)36/h1-29H. The van der Waals surface area contributed by atoms with Crippen LogP contribution in [0.15, 0.2) is 180 Å². The first-order valence-electron chi connectivity index (χ1n) is 17.9. The zero-order valence-electron chi connectivity index (χ0n) is 28.5. The molecule has 0 atom stereocenters. The van der Waals surface area contributed by atoms with Crippen molar-refractivity contribution in [1.29, 1.82) is 0 Å². The van der Waals surface area contributed by atoms with E-state index in [0.717, 1.165) is 49.6 Å². The molecular formula is C49H29N3O. The van der Waals surface area contributed by atoms with E-state index >= 15 is 0 Å². The lowest BCUT2D eigenvalue weighted by Gasteiger charge is -2.14. The van der Waals surface area contributed by atoms with Crippen LogP contribution in [-0.2, 0) is 0 Å². The van der Waals surface area contributed by atoms with Crippen LogP contribution in [0.2, 0.25) is 0 Å². The molecule has 0 aliphatic rings. The lowest BCUT2D eigenvalue weighted by Crippen LogP contribution is -2.01. The summed E-state index contributed by atoms with van der Waals surface area (Å²) < 4.78 is 6.59. The Bertz CT molecular complexity index is 3230. The van der Waals surface area contributed by atoms with E-state index < -0.39 is 0 Å². The normalized spacial score (nSPS) is 11.8. The van der Waals surface area contributed by atoms with Crippen molar-refractivity contribution in [3.05, 3.63) is 176 Å². The largest absolute Gasteiger partial charge is 0.456 e. The molecule has 0 aliphatic heterocycles. The molecule has 11 rings (SSSR count). The van der Waals surface area contributed by atoms with Crippen molar-refractivity contribution in [3.63, 3.8) is 0 Å². The van der Waals surface area contributed by atoms with Gasteiger partial charge in [-0.15, -0.1) is 0 Å². The first-order chi connectivity index (χ1) is 26.3. The fourth-order valence-electron chi connectivity index (χ4n) is 8.04. The monoisotopic (exact) mass is 675 g/mol. The van der Waals surface area contributed by atoms with Crippen LogP contribution in [0, 0.1) is 0 Å². The summed E-state index contributed by atoms with van der Waals surface area (Å²) >= 11 is 0. The Labute approximate surface area is 304 Å². The van der Waals surface area contributed by atoms with E-state index in [9.17, 15) is 0 Å². The minimum absolute atomic E-state index is 0.599. The Morgan fingerprint density at radius 2 is 0.906 bits per heavy atom. The Hall–Kier alpha value is -7.17. The van der Waals surface area contributed by atoms with Gasteiger partial charge in [0.15, 0.2) is 17.5 Å². The molecule has 0 saturated carbocycles. The minimum atomic E-state index is 0.599. The summed E-state index contributed by atoms with van der Waals surface area (Å²) in [5.74, 6) is 1.85. The van der Waals surface area contributed by atoms with Crippen LogP contribution >= 0.6 is 0 Å². The predicted molar refractivity (Wildman–Crippen MR) is 219 cm³/mol. The van der Waals surface area contributed by atoms with Gasteiger partial charge in [0.2, 0.25) is 0 Å². The lowest BCUT2D eigenvalue weighted by atomic mass is 9.93. The number of fused-ring (bicyclic) bond motifs is 9. The molecular weight excluding hydrogens is 647 g/mol. The summed E-state index contributed by atoms with van der Waals surface area (Å²) in [6, 6.07) is 61.6. The Balaban J connectivity index is 1.16. The van der Waals surface area contributed by atoms with Gasteiger partial charge in [0.25, 0.3) is 0 Å². The lowest BCUT2D eigenvalue weighted by molar-refractivity contribution is 0.669. The zero-order chi connectivity index (χ0) is 34.9. The van der Waals surface area contributed by atoms with E-state index in [4.69, 9.17) is 19.4 Å². The first-order valence-corrected chi connectivity index (χ1v) is 17.9. The van der Waals surface area contributed by atoms with Crippen LogP contribution in [0.3, 0.4) is 0 Å². The summed E-state index contributed by atoms with van der Waals surface area (Å²) in [5.41, 5.74) is 6.69. The van der Waals surface area contributed by atoms with Gasteiger partial charge in [0.1, 0.15) is 11.2 Å². The Morgan fingerprint density at radius 1 is 0.302 bits per heavy atom. The smallest absolute Gasteiger partial charge is 0.164 e. The fourth-order valence-corrected chi connectivity index (χ4v) is 8.04. The Kier molecular flexibility index (Phi) is 6.52. The van der Waals surface area contributed by atoms with Gasteiger partial charge in [-0.05, 0) is 78.5 Å². The number of hydrogen-bond donors (Lipinski definition) is 0. The maximum Gasteiger partial charge on any atom is 0.164 e. The second-order valence-corrected chi connectivity index (χ2v) is 13.5. The second-order valence-electron chi connectivity index (χ2n) is 13.5. The van der Waals surface area contributed by atoms with Crippen LogP contribution in [0.4, 0.5) is 0 Å². The van der Waals surface area contributed by atoms with Crippen LogP contribution in [0.5, 0.6) is 0 Å². The molecule has 0 bridgehead atoms. The third-order valence-electron chi connectivity index (χ3n) is 10.5. The van der Waals surface area contributed by atoms with Crippen molar-refractivity contribution >= 4 is 65.0 Å². The third kappa shape index (κ3) is 4.73. The number of aromatic nitrogens is 3. The van der Waals surface area contributed by atoms with Crippen molar-refractivity contribution in [1.82, 2.24) is 15.0 Å². The van der Waals surface area contributed by atoms with Crippen LogP contribution < -0.4 is 0 Å². The fraction of sp³-hybridized carbons (Fsp3) is 0.